The number of carbonyl (C=O) groups is 1. The van der Waals surface area contributed by atoms with Gasteiger partial charge in [0.05, 0.1) is 6.61 Å². The number of Topliss-reactive ketones (excluding diaryl/α,β-unsaturated/α-hetero) is 1. The molecule has 0 amide bonds. The predicted molar refractivity (Wildman–Crippen MR) is 61.2 cm³/mol. The molecule has 0 spiro atoms. The smallest absolute Gasteiger partial charge is 0.159 e. The van der Waals surface area contributed by atoms with E-state index in [4.69, 9.17) is 5.11 Å². The van der Waals surface area contributed by atoms with E-state index in [1.807, 2.05) is 19.1 Å². The number of rotatable bonds is 5. The van der Waals surface area contributed by atoms with E-state index in [9.17, 15) is 4.79 Å². The number of hydrogen-bond acceptors (Lipinski definition) is 3. The molecule has 0 aliphatic carbocycles. The highest BCUT2D eigenvalue weighted by Gasteiger charge is 2.04. The molecular formula is C12H17NO2. The first-order valence-corrected chi connectivity index (χ1v) is 5.15. The SMILES string of the molecule is CC[C@@H](CO)Nc1ccc(C(C)=O)cc1. The van der Waals surface area contributed by atoms with Gasteiger partial charge in [-0.1, -0.05) is 6.92 Å². The standard InChI is InChI=1S/C12H17NO2/c1-3-11(8-14)13-12-6-4-10(5-7-12)9(2)15/h4-7,11,13-14H,3,8H2,1-2H3/t11-/m0/s1. The normalized spacial score (nSPS) is 12.2. The topological polar surface area (TPSA) is 49.3 Å². The van der Waals surface area contributed by atoms with Crippen molar-refractivity contribution in [2.24, 2.45) is 0 Å². The number of benzene rings is 1. The van der Waals surface area contributed by atoms with Crippen LogP contribution in [0, 0.1) is 0 Å². The highest BCUT2D eigenvalue weighted by atomic mass is 16.3. The second-order valence-corrected chi connectivity index (χ2v) is 3.57. The molecule has 1 aromatic rings. The number of carbonyl (C=O) groups excluding carboxylic acids is 1. The van der Waals surface area contributed by atoms with Crippen molar-refractivity contribution < 1.29 is 9.90 Å². The molecule has 0 aliphatic heterocycles. The van der Waals surface area contributed by atoms with Crippen molar-refractivity contribution in [2.75, 3.05) is 11.9 Å². The van der Waals surface area contributed by atoms with Gasteiger partial charge in [-0.2, -0.15) is 0 Å². The van der Waals surface area contributed by atoms with Crippen LogP contribution in [0.15, 0.2) is 24.3 Å². The Labute approximate surface area is 90.1 Å². The summed E-state index contributed by atoms with van der Waals surface area (Å²) >= 11 is 0. The minimum absolute atomic E-state index is 0.0655. The van der Waals surface area contributed by atoms with E-state index in [1.165, 1.54) is 0 Å². The summed E-state index contributed by atoms with van der Waals surface area (Å²) in [7, 11) is 0. The Morgan fingerprint density at radius 1 is 1.40 bits per heavy atom. The summed E-state index contributed by atoms with van der Waals surface area (Å²) in [5.41, 5.74) is 1.64. The van der Waals surface area contributed by atoms with Gasteiger partial charge in [0.25, 0.3) is 0 Å². The third-order valence-electron chi connectivity index (χ3n) is 2.38. The lowest BCUT2D eigenvalue weighted by molar-refractivity contribution is 0.101. The second-order valence-electron chi connectivity index (χ2n) is 3.57. The lowest BCUT2D eigenvalue weighted by atomic mass is 10.1. The molecular weight excluding hydrogens is 190 g/mol. The van der Waals surface area contributed by atoms with Gasteiger partial charge in [-0.05, 0) is 37.6 Å². The fourth-order valence-electron chi connectivity index (χ4n) is 1.31. The molecule has 3 heteroatoms. The van der Waals surface area contributed by atoms with E-state index >= 15 is 0 Å². The van der Waals surface area contributed by atoms with Crippen LogP contribution in [0.2, 0.25) is 0 Å². The summed E-state index contributed by atoms with van der Waals surface area (Å²) in [6.45, 7) is 3.67. The van der Waals surface area contributed by atoms with Gasteiger partial charge in [-0.15, -0.1) is 0 Å². The van der Waals surface area contributed by atoms with Gasteiger partial charge in [0, 0.05) is 17.3 Å². The highest BCUT2D eigenvalue weighted by molar-refractivity contribution is 5.94. The van der Waals surface area contributed by atoms with Crippen LogP contribution in [0.5, 0.6) is 0 Å². The molecule has 2 N–H and O–H groups in total. The fourth-order valence-corrected chi connectivity index (χ4v) is 1.31. The van der Waals surface area contributed by atoms with Gasteiger partial charge in [0.15, 0.2) is 5.78 Å². The second kappa shape index (κ2) is 5.51. The van der Waals surface area contributed by atoms with Crippen molar-refractivity contribution in [1.29, 1.82) is 0 Å². The maximum Gasteiger partial charge on any atom is 0.159 e. The van der Waals surface area contributed by atoms with Crippen LogP contribution in [0.3, 0.4) is 0 Å². The van der Waals surface area contributed by atoms with E-state index in [1.54, 1.807) is 19.1 Å². The van der Waals surface area contributed by atoms with Crippen molar-refractivity contribution >= 4 is 11.5 Å². The zero-order chi connectivity index (χ0) is 11.3. The van der Waals surface area contributed by atoms with E-state index in [2.05, 4.69) is 5.32 Å². The largest absolute Gasteiger partial charge is 0.394 e. The number of anilines is 1. The summed E-state index contributed by atoms with van der Waals surface area (Å²) in [6, 6.07) is 7.36. The maximum absolute atomic E-state index is 11.0. The van der Waals surface area contributed by atoms with Crippen molar-refractivity contribution in [2.45, 2.75) is 26.3 Å². The molecule has 0 saturated carbocycles. The van der Waals surface area contributed by atoms with Crippen LogP contribution in [0.25, 0.3) is 0 Å². The number of hydrogen-bond donors (Lipinski definition) is 2. The van der Waals surface area contributed by atoms with Crippen LogP contribution in [0.4, 0.5) is 5.69 Å². The third kappa shape index (κ3) is 3.36. The zero-order valence-electron chi connectivity index (χ0n) is 9.16. The number of aliphatic hydroxyl groups excluding tert-OH is 1. The van der Waals surface area contributed by atoms with E-state index in [-0.39, 0.29) is 18.4 Å². The quantitative estimate of drug-likeness (QED) is 0.727. The summed E-state index contributed by atoms with van der Waals surface area (Å²) in [4.78, 5) is 11.0. The molecule has 0 bridgehead atoms. The molecule has 0 aliphatic rings. The third-order valence-corrected chi connectivity index (χ3v) is 2.38. The first-order valence-electron chi connectivity index (χ1n) is 5.15. The predicted octanol–water partition coefficient (Wildman–Crippen LogP) is 2.07. The molecule has 0 saturated heterocycles. The van der Waals surface area contributed by atoms with E-state index in [0.717, 1.165) is 12.1 Å². The fraction of sp³-hybridized carbons (Fsp3) is 0.417. The average molecular weight is 207 g/mol. The first kappa shape index (κ1) is 11.7. The molecule has 1 atom stereocenters. The number of aliphatic hydroxyl groups is 1. The molecule has 1 rings (SSSR count). The van der Waals surface area contributed by atoms with Gasteiger partial charge >= 0.3 is 0 Å². The number of nitrogens with one attached hydrogen (secondary N) is 1. The summed E-state index contributed by atoms with van der Waals surface area (Å²) in [5, 5.41) is 12.2. The summed E-state index contributed by atoms with van der Waals surface area (Å²) in [6.07, 6.45) is 0.866. The Morgan fingerprint density at radius 2 is 2.00 bits per heavy atom. The Kier molecular flexibility index (Phi) is 4.31. The molecule has 0 unspecified atom stereocenters. The van der Waals surface area contributed by atoms with Gasteiger partial charge < -0.3 is 10.4 Å². The van der Waals surface area contributed by atoms with Crippen LogP contribution < -0.4 is 5.32 Å². The number of ketones is 1. The molecule has 0 aromatic heterocycles. The van der Waals surface area contributed by atoms with Crippen LogP contribution in [-0.2, 0) is 0 Å². The van der Waals surface area contributed by atoms with Crippen molar-refractivity contribution in [3.8, 4) is 0 Å². The van der Waals surface area contributed by atoms with Crippen LogP contribution in [-0.4, -0.2) is 23.5 Å². The van der Waals surface area contributed by atoms with Gasteiger partial charge in [-0.3, -0.25) is 4.79 Å². The molecule has 3 nitrogen and oxygen atoms in total. The molecule has 82 valence electrons. The van der Waals surface area contributed by atoms with Gasteiger partial charge in [0.2, 0.25) is 0 Å². The van der Waals surface area contributed by atoms with Crippen molar-refractivity contribution in [3.63, 3.8) is 0 Å². The molecule has 1 aromatic carbocycles. The Morgan fingerprint density at radius 3 is 2.40 bits per heavy atom. The highest BCUT2D eigenvalue weighted by Crippen LogP contribution is 2.12. The minimum Gasteiger partial charge on any atom is -0.394 e. The lowest BCUT2D eigenvalue weighted by Gasteiger charge is -2.15. The van der Waals surface area contributed by atoms with E-state index in [0.29, 0.717) is 5.56 Å². The van der Waals surface area contributed by atoms with E-state index < -0.39 is 0 Å². The van der Waals surface area contributed by atoms with Crippen LogP contribution >= 0.6 is 0 Å². The Hall–Kier alpha value is -1.35. The Bertz CT molecular complexity index is 315. The van der Waals surface area contributed by atoms with Crippen molar-refractivity contribution in [1.82, 2.24) is 0 Å². The van der Waals surface area contributed by atoms with Gasteiger partial charge in [0.1, 0.15) is 0 Å². The minimum atomic E-state index is 0.0655. The molecule has 0 heterocycles. The Balaban J connectivity index is 2.67. The summed E-state index contributed by atoms with van der Waals surface area (Å²) in [5.74, 6) is 0.0655. The molecule has 0 radical (unpaired) electrons. The molecule has 0 fully saturated rings. The monoisotopic (exact) mass is 207 g/mol. The van der Waals surface area contributed by atoms with Gasteiger partial charge in [-0.25, -0.2) is 0 Å². The first-order chi connectivity index (χ1) is 7.17. The zero-order valence-corrected chi connectivity index (χ0v) is 9.16. The lowest BCUT2D eigenvalue weighted by Crippen LogP contribution is -2.22. The summed E-state index contributed by atoms with van der Waals surface area (Å²) < 4.78 is 0. The molecule has 15 heavy (non-hydrogen) atoms. The van der Waals surface area contributed by atoms with Crippen LogP contribution in [0.1, 0.15) is 30.6 Å². The van der Waals surface area contributed by atoms with Crippen molar-refractivity contribution in [3.05, 3.63) is 29.8 Å². The maximum atomic E-state index is 11.0. The average Bonchev–Trinajstić information content (AvgIpc) is 2.26.